The quantitative estimate of drug-likeness (QED) is 0.542. The highest BCUT2D eigenvalue weighted by Crippen LogP contribution is 2.25. The van der Waals surface area contributed by atoms with E-state index in [4.69, 9.17) is 4.52 Å². The molecule has 0 saturated carbocycles. The fourth-order valence-corrected chi connectivity index (χ4v) is 2.40. The average molecular weight is 328 g/mol. The molecule has 3 nitrogen and oxygen atoms in total. The molecule has 0 saturated heterocycles. The highest BCUT2D eigenvalue weighted by atomic mass is 16.5. The van der Waals surface area contributed by atoms with Crippen LogP contribution in [0.25, 0.3) is 18.2 Å². The summed E-state index contributed by atoms with van der Waals surface area (Å²) in [6.45, 7) is 3.92. The van der Waals surface area contributed by atoms with Gasteiger partial charge in [-0.25, -0.2) is 0 Å². The van der Waals surface area contributed by atoms with Gasteiger partial charge < -0.3 is 4.52 Å². The number of nitrogens with zero attached hydrogens (tertiary/aromatic N) is 2. The number of rotatable bonds is 5. The number of hydrogen-bond donors (Lipinski definition) is 0. The summed E-state index contributed by atoms with van der Waals surface area (Å²) in [5.41, 5.74) is 4.85. The topological polar surface area (TPSA) is 38.4 Å². The summed E-state index contributed by atoms with van der Waals surface area (Å²) >= 11 is 0. The number of allylic oxidation sites excluding steroid dienone is 1. The van der Waals surface area contributed by atoms with Crippen LogP contribution < -0.4 is 0 Å². The first-order valence-electron chi connectivity index (χ1n) is 8.19. The van der Waals surface area contributed by atoms with E-state index in [2.05, 4.69) is 28.4 Å². The SMILES string of the molecule is C/C(C=Nc1c(C)noc1/C=C/c1ccccc1)=C\c1ccccc1. The first-order valence-corrected chi connectivity index (χ1v) is 8.19. The van der Waals surface area contributed by atoms with E-state index >= 15 is 0 Å². The molecule has 124 valence electrons. The largest absolute Gasteiger partial charge is 0.354 e. The van der Waals surface area contributed by atoms with Gasteiger partial charge in [0.05, 0.1) is 0 Å². The number of hydrogen-bond acceptors (Lipinski definition) is 3. The Labute approximate surface area is 148 Å². The molecule has 3 rings (SSSR count). The number of aromatic nitrogens is 1. The van der Waals surface area contributed by atoms with Crippen LogP contribution in [0.3, 0.4) is 0 Å². The van der Waals surface area contributed by atoms with Gasteiger partial charge in [0.1, 0.15) is 11.4 Å². The minimum absolute atomic E-state index is 0.658. The Balaban J connectivity index is 1.80. The summed E-state index contributed by atoms with van der Waals surface area (Å²) < 4.78 is 5.40. The predicted molar refractivity (Wildman–Crippen MR) is 105 cm³/mol. The molecule has 0 amide bonds. The Kier molecular flexibility index (Phi) is 5.37. The second-order valence-corrected chi connectivity index (χ2v) is 5.78. The smallest absolute Gasteiger partial charge is 0.185 e. The molecule has 0 bridgehead atoms. The van der Waals surface area contributed by atoms with E-state index in [1.165, 1.54) is 0 Å². The van der Waals surface area contributed by atoms with Crippen LogP contribution >= 0.6 is 0 Å². The van der Waals surface area contributed by atoms with Crippen molar-refractivity contribution in [3.8, 4) is 0 Å². The van der Waals surface area contributed by atoms with Crippen LogP contribution in [0.5, 0.6) is 0 Å². The van der Waals surface area contributed by atoms with Gasteiger partial charge in [-0.3, -0.25) is 4.99 Å². The van der Waals surface area contributed by atoms with Gasteiger partial charge in [0, 0.05) is 6.21 Å². The van der Waals surface area contributed by atoms with Gasteiger partial charge in [0.15, 0.2) is 5.76 Å². The summed E-state index contributed by atoms with van der Waals surface area (Å²) in [6, 6.07) is 20.3. The molecular formula is C22H20N2O. The molecule has 0 spiro atoms. The monoisotopic (exact) mass is 328 g/mol. The molecule has 0 aliphatic heterocycles. The normalized spacial score (nSPS) is 12.3. The molecule has 0 radical (unpaired) electrons. The van der Waals surface area contributed by atoms with Crippen molar-refractivity contribution in [3.05, 3.63) is 88.8 Å². The summed E-state index contributed by atoms with van der Waals surface area (Å²) in [5.74, 6) is 0.658. The van der Waals surface area contributed by atoms with Crippen molar-refractivity contribution >= 4 is 30.1 Å². The maximum absolute atomic E-state index is 5.40. The molecule has 25 heavy (non-hydrogen) atoms. The molecule has 1 aromatic heterocycles. The zero-order chi connectivity index (χ0) is 17.5. The van der Waals surface area contributed by atoms with Gasteiger partial charge in [0.2, 0.25) is 0 Å². The minimum atomic E-state index is 0.658. The maximum atomic E-state index is 5.40. The van der Waals surface area contributed by atoms with Crippen LogP contribution in [0.1, 0.15) is 29.5 Å². The van der Waals surface area contributed by atoms with Crippen molar-refractivity contribution in [2.75, 3.05) is 0 Å². The van der Waals surface area contributed by atoms with E-state index in [1.807, 2.05) is 80.7 Å². The van der Waals surface area contributed by atoms with E-state index < -0.39 is 0 Å². The van der Waals surface area contributed by atoms with Gasteiger partial charge in [-0.2, -0.15) is 0 Å². The van der Waals surface area contributed by atoms with E-state index in [0.29, 0.717) is 5.76 Å². The predicted octanol–water partition coefficient (Wildman–Crippen LogP) is 5.96. The standard InChI is InChI=1S/C22H20N2O/c1-17(15-20-11-7-4-8-12-20)16-23-22-18(2)24-25-21(22)14-13-19-9-5-3-6-10-19/h3-16H,1-2H3/b14-13+,17-15+,23-16?. The second-order valence-electron chi connectivity index (χ2n) is 5.78. The van der Waals surface area contributed by atoms with E-state index in [0.717, 1.165) is 28.1 Å². The Hall–Kier alpha value is -3.20. The van der Waals surface area contributed by atoms with Gasteiger partial charge in [-0.15, -0.1) is 0 Å². The number of aliphatic imine (C=N–C) groups is 1. The van der Waals surface area contributed by atoms with Crippen molar-refractivity contribution in [2.24, 2.45) is 4.99 Å². The highest BCUT2D eigenvalue weighted by Gasteiger charge is 2.08. The summed E-state index contributed by atoms with van der Waals surface area (Å²) in [4.78, 5) is 4.57. The van der Waals surface area contributed by atoms with Crippen molar-refractivity contribution in [2.45, 2.75) is 13.8 Å². The molecule has 0 fully saturated rings. The van der Waals surface area contributed by atoms with Crippen molar-refractivity contribution in [1.82, 2.24) is 5.16 Å². The maximum Gasteiger partial charge on any atom is 0.185 e. The van der Waals surface area contributed by atoms with E-state index in [-0.39, 0.29) is 0 Å². The molecule has 0 N–H and O–H groups in total. The molecule has 1 heterocycles. The Morgan fingerprint density at radius 1 is 0.920 bits per heavy atom. The third-order valence-corrected chi connectivity index (χ3v) is 3.67. The van der Waals surface area contributed by atoms with Crippen molar-refractivity contribution < 1.29 is 4.52 Å². The zero-order valence-electron chi connectivity index (χ0n) is 14.4. The molecule has 0 aliphatic rings. The zero-order valence-corrected chi connectivity index (χ0v) is 14.4. The lowest BCUT2D eigenvalue weighted by Crippen LogP contribution is -1.80. The molecule has 0 atom stereocenters. The first-order chi connectivity index (χ1) is 12.2. The Morgan fingerprint density at radius 2 is 1.56 bits per heavy atom. The third-order valence-electron chi connectivity index (χ3n) is 3.67. The van der Waals surface area contributed by atoms with Crippen LogP contribution in [0.4, 0.5) is 5.69 Å². The van der Waals surface area contributed by atoms with Gasteiger partial charge >= 0.3 is 0 Å². The van der Waals surface area contributed by atoms with E-state index in [1.54, 1.807) is 0 Å². The number of aryl methyl sites for hydroxylation is 1. The van der Waals surface area contributed by atoms with Crippen LogP contribution in [-0.2, 0) is 0 Å². The third kappa shape index (κ3) is 4.64. The molecule has 0 aliphatic carbocycles. The first kappa shape index (κ1) is 16.7. The minimum Gasteiger partial charge on any atom is -0.354 e. The summed E-state index contributed by atoms with van der Waals surface area (Å²) in [6.07, 6.45) is 7.82. The molecular weight excluding hydrogens is 308 g/mol. The molecule has 3 heteroatoms. The Morgan fingerprint density at radius 3 is 2.24 bits per heavy atom. The fourth-order valence-electron chi connectivity index (χ4n) is 2.40. The van der Waals surface area contributed by atoms with Gasteiger partial charge in [-0.05, 0) is 36.6 Å². The molecule has 2 aromatic carbocycles. The second kappa shape index (κ2) is 8.06. The number of benzene rings is 2. The summed E-state index contributed by atoms with van der Waals surface area (Å²) in [5, 5.41) is 4.03. The van der Waals surface area contributed by atoms with Crippen molar-refractivity contribution in [3.63, 3.8) is 0 Å². The van der Waals surface area contributed by atoms with E-state index in [9.17, 15) is 0 Å². The lowest BCUT2D eigenvalue weighted by atomic mass is 10.1. The van der Waals surface area contributed by atoms with Crippen molar-refractivity contribution in [1.29, 1.82) is 0 Å². The van der Waals surface area contributed by atoms with Crippen LogP contribution in [0.2, 0.25) is 0 Å². The molecule has 0 unspecified atom stereocenters. The fraction of sp³-hybridized carbons (Fsp3) is 0.0909. The lowest BCUT2D eigenvalue weighted by molar-refractivity contribution is 0.408. The van der Waals surface area contributed by atoms with Gasteiger partial charge in [0.25, 0.3) is 0 Å². The highest BCUT2D eigenvalue weighted by molar-refractivity contribution is 5.87. The van der Waals surface area contributed by atoms with Gasteiger partial charge in [-0.1, -0.05) is 78.0 Å². The summed E-state index contributed by atoms with van der Waals surface area (Å²) in [7, 11) is 0. The lowest BCUT2D eigenvalue weighted by Gasteiger charge is -1.95. The molecule has 3 aromatic rings. The van der Waals surface area contributed by atoms with Crippen LogP contribution in [-0.4, -0.2) is 11.4 Å². The van der Waals surface area contributed by atoms with Crippen LogP contribution in [0, 0.1) is 6.92 Å². The average Bonchev–Trinajstić information content (AvgIpc) is 3.00. The Bertz CT molecular complexity index is 904. The van der Waals surface area contributed by atoms with Crippen LogP contribution in [0.15, 0.2) is 75.8 Å².